The maximum absolute atomic E-state index is 12.7. The molecule has 0 spiro atoms. The quantitative estimate of drug-likeness (QED) is 0.503. The van der Waals surface area contributed by atoms with Crippen molar-refractivity contribution >= 4 is 17.6 Å². The molecule has 0 bridgehead atoms. The number of rotatable bonds is 5. The largest absolute Gasteiger partial charge is 0.461 e. The van der Waals surface area contributed by atoms with Gasteiger partial charge in [0.1, 0.15) is 11.6 Å². The minimum atomic E-state index is -4.61. The van der Waals surface area contributed by atoms with E-state index in [9.17, 15) is 18.0 Å². The summed E-state index contributed by atoms with van der Waals surface area (Å²) in [6.45, 7) is 5.51. The highest BCUT2D eigenvalue weighted by Gasteiger charge is 2.62. The van der Waals surface area contributed by atoms with Crippen LogP contribution in [0.15, 0.2) is 59.6 Å². The molecule has 0 radical (unpaired) electrons. The van der Waals surface area contributed by atoms with Gasteiger partial charge in [-0.25, -0.2) is 0 Å². The van der Waals surface area contributed by atoms with Gasteiger partial charge in [0.15, 0.2) is 0 Å². The fourth-order valence-electron chi connectivity index (χ4n) is 3.70. The molecule has 154 valence electrons. The molecule has 0 aliphatic heterocycles. The molecule has 0 aromatic heterocycles. The number of esters is 1. The van der Waals surface area contributed by atoms with E-state index in [1.54, 1.807) is 13.8 Å². The van der Waals surface area contributed by atoms with Crippen LogP contribution in [0.4, 0.5) is 13.2 Å². The molecule has 0 saturated heterocycles. The fraction of sp³-hybridized carbons (Fsp3) is 0.348. The first kappa shape index (κ1) is 21.4. The van der Waals surface area contributed by atoms with Crippen molar-refractivity contribution in [3.8, 4) is 11.1 Å². The van der Waals surface area contributed by atoms with Crippen LogP contribution in [-0.4, -0.2) is 12.1 Å². The summed E-state index contributed by atoms with van der Waals surface area (Å²) >= 11 is 5.34. The standard InChI is InChI=1S/C23H22ClF3O2/c1-14-16(10-7-11-17(14)15-8-5-4-6-9-15)13-29-21(28)20-18(22(20,2)3)12-19(24)23(25,26)27/h4-12,18,20H,13H2,1-3H3/b19-12+/t18-,20+/m0/s1. The molecule has 2 aromatic carbocycles. The van der Waals surface area contributed by atoms with E-state index in [-0.39, 0.29) is 6.61 Å². The Kier molecular flexibility index (Phi) is 5.81. The van der Waals surface area contributed by atoms with Gasteiger partial charge in [-0.2, -0.15) is 13.2 Å². The van der Waals surface area contributed by atoms with E-state index in [2.05, 4.69) is 0 Å². The number of allylic oxidation sites excluding steroid dienone is 2. The number of carbonyl (C=O) groups is 1. The Labute approximate surface area is 173 Å². The topological polar surface area (TPSA) is 26.3 Å². The van der Waals surface area contributed by atoms with E-state index in [4.69, 9.17) is 16.3 Å². The lowest BCUT2D eigenvalue weighted by atomic mass is 9.97. The number of carbonyl (C=O) groups excluding carboxylic acids is 1. The Morgan fingerprint density at radius 3 is 2.41 bits per heavy atom. The van der Waals surface area contributed by atoms with Gasteiger partial charge < -0.3 is 4.74 Å². The molecule has 0 heterocycles. The second-order valence-corrected chi connectivity index (χ2v) is 8.31. The molecule has 1 fully saturated rings. The predicted molar refractivity (Wildman–Crippen MR) is 107 cm³/mol. The average Bonchev–Trinajstić information content (AvgIpc) is 3.20. The van der Waals surface area contributed by atoms with Crippen molar-refractivity contribution in [2.24, 2.45) is 17.3 Å². The van der Waals surface area contributed by atoms with Gasteiger partial charge in [0, 0.05) is 0 Å². The van der Waals surface area contributed by atoms with E-state index in [0.29, 0.717) is 0 Å². The van der Waals surface area contributed by atoms with Gasteiger partial charge in [-0.05, 0) is 40.5 Å². The van der Waals surface area contributed by atoms with Crippen LogP contribution in [0.1, 0.15) is 25.0 Å². The van der Waals surface area contributed by atoms with Crippen molar-refractivity contribution in [1.29, 1.82) is 0 Å². The summed E-state index contributed by atoms with van der Waals surface area (Å²) in [5, 5.41) is -1.20. The Morgan fingerprint density at radius 2 is 1.79 bits per heavy atom. The minimum absolute atomic E-state index is 0.0708. The van der Waals surface area contributed by atoms with Crippen LogP contribution < -0.4 is 0 Å². The first-order chi connectivity index (χ1) is 13.5. The molecule has 2 nitrogen and oxygen atoms in total. The second-order valence-electron chi connectivity index (χ2n) is 7.90. The van der Waals surface area contributed by atoms with Crippen molar-refractivity contribution in [2.45, 2.75) is 33.6 Å². The molecule has 3 rings (SSSR count). The summed E-state index contributed by atoms with van der Waals surface area (Å²) < 4.78 is 43.5. The zero-order valence-electron chi connectivity index (χ0n) is 16.4. The highest BCUT2D eigenvalue weighted by atomic mass is 35.5. The molecule has 2 aromatic rings. The van der Waals surface area contributed by atoms with Gasteiger partial charge in [-0.1, -0.05) is 80.1 Å². The molecule has 1 aliphatic carbocycles. The molecular formula is C23H22ClF3O2. The summed E-state index contributed by atoms with van der Waals surface area (Å²) in [5.41, 5.74) is 3.34. The van der Waals surface area contributed by atoms with Crippen LogP contribution in [0.3, 0.4) is 0 Å². The normalized spacial score (nSPS) is 21.0. The lowest BCUT2D eigenvalue weighted by Gasteiger charge is -2.12. The zero-order valence-corrected chi connectivity index (χ0v) is 17.1. The maximum Gasteiger partial charge on any atom is 0.426 e. The third-order valence-corrected chi connectivity index (χ3v) is 6.00. The van der Waals surface area contributed by atoms with Crippen molar-refractivity contribution < 1.29 is 22.7 Å². The molecule has 1 aliphatic rings. The van der Waals surface area contributed by atoms with Crippen molar-refractivity contribution in [3.63, 3.8) is 0 Å². The van der Waals surface area contributed by atoms with E-state index in [1.165, 1.54) is 0 Å². The summed E-state index contributed by atoms with van der Waals surface area (Å²) in [7, 11) is 0. The monoisotopic (exact) mass is 422 g/mol. The molecule has 29 heavy (non-hydrogen) atoms. The Balaban J connectivity index is 1.70. The van der Waals surface area contributed by atoms with E-state index < -0.39 is 34.4 Å². The van der Waals surface area contributed by atoms with Crippen molar-refractivity contribution in [3.05, 3.63) is 70.8 Å². The Bertz CT molecular complexity index is 933. The van der Waals surface area contributed by atoms with Crippen LogP contribution in [0.5, 0.6) is 0 Å². The number of alkyl halides is 3. The lowest BCUT2D eigenvalue weighted by molar-refractivity contribution is -0.147. The van der Waals surface area contributed by atoms with E-state index in [1.807, 2.05) is 55.5 Å². The maximum atomic E-state index is 12.7. The summed E-state index contributed by atoms with van der Waals surface area (Å²) in [6, 6.07) is 15.6. The SMILES string of the molecule is Cc1c(COC(=O)[C@H]2[C@H](/C=C(/Cl)C(F)(F)F)C2(C)C)cccc1-c1ccccc1. The highest BCUT2D eigenvalue weighted by Crippen LogP contribution is 2.60. The van der Waals surface area contributed by atoms with Crippen molar-refractivity contribution in [2.75, 3.05) is 0 Å². The Morgan fingerprint density at radius 1 is 1.14 bits per heavy atom. The van der Waals surface area contributed by atoms with Gasteiger partial charge in [0.05, 0.1) is 5.92 Å². The molecule has 0 N–H and O–H groups in total. The summed E-state index contributed by atoms with van der Waals surface area (Å²) in [6.07, 6.45) is -3.68. The first-order valence-corrected chi connectivity index (χ1v) is 9.66. The van der Waals surface area contributed by atoms with Gasteiger partial charge in [-0.3, -0.25) is 4.79 Å². The predicted octanol–water partition coefficient (Wildman–Crippen LogP) is 6.66. The molecule has 6 heteroatoms. The number of benzene rings is 2. The molecule has 1 saturated carbocycles. The highest BCUT2D eigenvalue weighted by molar-refractivity contribution is 6.30. The van der Waals surface area contributed by atoms with Gasteiger partial charge in [0.2, 0.25) is 0 Å². The third-order valence-electron chi connectivity index (χ3n) is 5.66. The second kappa shape index (κ2) is 7.86. The average molecular weight is 423 g/mol. The summed E-state index contributed by atoms with van der Waals surface area (Å²) in [4.78, 5) is 12.5. The fourth-order valence-corrected chi connectivity index (χ4v) is 3.84. The zero-order chi connectivity index (χ0) is 21.4. The van der Waals surface area contributed by atoms with Crippen LogP contribution >= 0.6 is 11.6 Å². The van der Waals surface area contributed by atoms with E-state index >= 15 is 0 Å². The Hall–Kier alpha value is -2.27. The van der Waals surface area contributed by atoms with Gasteiger partial charge >= 0.3 is 12.1 Å². The number of halogens is 4. The number of ether oxygens (including phenoxy) is 1. The van der Waals surface area contributed by atoms with Crippen LogP contribution in [0.2, 0.25) is 0 Å². The van der Waals surface area contributed by atoms with Crippen molar-refractivity contribution in [1.82, 2.24) is 0 Å². The van der Waals surface area contributed by atoms with Gasteiger partial charge in [-0.15, -0.1) is 0 Å². The first-order valence-electron chi connectivity index (χ1n) is 9.28. The lowest BCUT2D eigenvalue weighted by Crippen LogP contribution is -2.11. The minimum Gasteiger partial charge on any atom is -0.461 e. The molecule has 2 atom stereocenters. The number of hydrogen-bond acceptors (Lipinski definition) is 2. The summed E-state index contributed by atoms with van der Waals surface area (Å²) in [5.74, 6) is -1.75. The molecular weight excluding hydrogens is 401 g/mol. The van der Waals surface area contributed by atoms with Gasteiger partial charge in [0.25, 0.3) is 0 Å². The molecule has 0 amide bonds. The number of hydrogen-bond donors (Lipinski definition) is 0. The molecule has 0 unspecified atom stereocenters. The van der Waals surface area contributed by atoms with Crippen LogP contribution in [0, 0.1) is 24.2 Å². The third kappa shape index (κ3) is 4.50. The smallest absolute Gasteiger partial charge is 0.426 e. The van der Waals surface area contributed by atoms with Crippen LogP contribution in [0.25, 0.3) is 11.1 Å². The van der Waals surface area contributed by atoms with Crippen LogP contribution in [-0.2, 0) is 16.1 Å². The van der Waals surface area contributed by atoms with E-state index in [0.717, 1.165) is 28.3 Å².